The van der Waals surface area contributed by atoms with E-state index in [4.69, 9.17) is 4.74 Å². The van der Waals surface area contributed by atoms with Crippen molar-refractivity contribution in [2.75, 3.05) is 0 Å². The zero-order chi connectivity index (χ0) is 21.3. The van der Waals surface area contributed by atoms with Crippen molar-refractivity contribution in [3.63, 3.8) is 0 Å². The standard InChI is InChI=1S/C28H50O2/c1-4-6-7-9-23-12-19-27(21(3)20-23)24-13-15-25(16-14-24)28(29)30-26-17-10-22(8-5-2)11-18-26/h21-27H,4-20H2,1-3H3/t21-,22?,23+,24?,25?,26?,27-/m1/s1. The van der Waals surface area contributed by atoms with Gasteiger partial charge in [-0.05, 0) is 93.8 Å². The monoisotopic (exact) mass is 418 g/mol. The van der Waals surface area contributed by atoms with Crippen LogP contribution in [0, 0.1) is 35.5 Å². The Kier molecular flexibility index (Phi) is 10.0. The fourth-order valence-electron chi connectivity index (χ4n) is 7.17. The highest BCUT2D eigenvalue weighted by Crippen LogP contribution is 2.45. The molecule has 3 atom stereocenters. The van der Waals surface area contributed by atoms with E-state index in [9.17, 15) is 4.79 Å². The SMILES string of the molecule is CCCCC[C@H]1CC[C@@H](C2CCC(C(=O)OC3CCC(CCC)CC3)CC2)[C@H](C)C1. The first-order valence-corrected chi connectivity index (χ1v) is 13.8. The maximum Gasteiger partial charge on any atom is 0.309 e. The van der Waals surface area contributed by atoms with Crippen LogP contribution in [-0.2, 0) is 9.53 Å². The highest BCUT2D eigenvalue weighted by molar-refractivity contribution is 5.72. The summed E-state index contributed by atoms with van der Waals surface area (Å²) in [6.45, 7) is 7.11. The second-order valence-electron chi connectivity index (χ2n) is 11.3. The fraction of sp³-hybridized carbons (Fsp3) is 0.964. The third-order valence-electron chi connectivity index (χ3n) is 9.04. The van der Waals surface area contributed by atoms with Crippen LogP contribution in [0.3, 0.4) is 0 Å². The molecule has 0 radical (unpaired) electrons. The van der Waals surface area contributed by atoms with Gasteiger partial charge in [-0.25, -0.2) is 0 Å². The summed E-state index contributed by atoms with van der Waals surface area (Å²) in [5.41, 5.74) is 0. The van der Waals surface area contributed by atoms with Gasteiger partial charge in [0.15, 0.2) is 0 Å². The first-order valence-electron chi connectivity index (χ1n) is 13.8. The lowest BCUT2D eigenvalue weighted by molar-refractivity contribution is -0.157. The molecule has 3 aliphatic carbocycles. The lowest BCUT2D eigenvalue weighted by Gasteiger charge is -2.41. The van der Waals surface area contributed by atoms with Crippen LogP contribution in [0.4, 0.5) is 0 Å². The summed E-state index contributed by atoms with van der Waals surface area (Å²) >= 11 is 0. The number of esters is 1. The second-order valence-corrected chi connectivity index (χ2v) is 11.3. The molecule has 0 aromatic carbocycles. The molecule has 0 N–H and O–H groups in total. The van der Waals surface area contributed by atoms with Crippen molar-refractivity contribution in [2.45, 2.75) is 136 Å². The molecule has 174 valence electrons. The summed E-state index contributed by atoms with van der Waals surface area (Å²) in [6, 6.07) is 0. The predicted octanol–water partition coefficient (Wildman–Crippen LogP) is 8.33. The van der Waals surface area contributed by atoms with Crippen LogP contribution >= 0.6 is 0 Å². The Morgan fingerprint density at radius 1 is 0.767 bits per heavy atom. The molecule has 0 saturated heterocycles. The largest absolute Gasteiger partial charge is 0.462 e. The van der Waals surface area contributed by atoms with Crippen LogP contribution in [0.1, 0.15) is 130 Å². The molecular weight excluding hydrogens is 368 g/mol. The molecule has 0 unspecified atom stereocenters. The smallest absolute Gasteiger partial charge is 0.309 e. The van der Waals surface area contributed by atoms with E-state index < -0.39 is 0 Å². The molecule has 3 aliphatic rings. The zero-order valence-corrected chi connectivity index (χ0v) is 20.4. The number of unbranched alkanes of at least 4 members (excludes halogenated alkanes) is 2. The van der Waals surface area contributed by atoms with Gasteiger partial charge in [0, 0.05) is 0 Å². The van der Waals surface area contributed by atoms with Crippen LogP contribution in [0.25, 0.3) is 0 Å². The van der Waals surface area contributed by atoms with E-state index in [0.717, 1.165) is 55.3 Å². The Morgan fingerprint density at radius 3 is 2.10 bits per heavy atom. The Balaban J connectivity index is 1.35. The molecule has 2 nitrogen and oxygen atoms in total. The summed E-state index contributed by atoms with van der Waals surface area (Å²) in [5, 5.41) is 0. The van der Waals surface area contributed by atoms with E-state index >= 15 is 0 Å². The molecule has 0 heterocycles. The van der Waals surface area contributed by atoms with Gasteiger partial charge < -0.3 is 4.74 Å². The summed E-state index contributed by atoms with van der Waals surface area (Å²) in [4.78, 5) is 12.8. The highest BCUT2D eigenvalue weighted by Gasteiger charge is 2.37. The Labute approximate surface area is 187 Å². The summed E-state index contributed by atoms with van der Waals surface area (Å²) in [7, 11) is 0. The van der Waals surface area contributed by atoms with Crippen molar-refractivity contribution >= 4 is 5.97 Å². The average molecular weight is 419 g/mol. The van der Waals surface area contributed by atoms with Gasteiger partial charge >= 0.3 is 5.97 Å². The topological polar surface area (TPSA) is 26.3 Å². The Bertz CT molecular complexity index is 485. The van der Waals surface area contributed by atoms with Crippen LogP contribution in [-0.4, -0.2) is 12.1 Å². The molecule has 0 amide bonds. The maximum atomic E-state index is 12.8. The van der Waals surface area contributed by atoms with Crippen LogP contribution in [0.15, 0.2) is 0 Å². The van der Waals surface area contributed by atoms with E-state index in [-0.39, 0.29) is 18.0 Å². The van der Waals surface area contributed by atoms with Crippen molar-refractivity contribution in [2.24, 2.45) is 35.5 Å². The van der Waals surface area contributed by atoms with Gasteiger partial charge in [-0.1, -0.05) is 65.7 Å². The molecule has 0 spiro atoms. The van der Waals surface area contributed by atoms with E-state index in [0.29, 0.717) is 0 Å². The summed E-state index contributed by atoms with van der Waals surface area (Å²) in [6.07, 6.45) is 22.3. The Hall–Kier alpha value is -0.530. The van der Waals surface area contributed by atoms with Gasteiger partial charge in [-0.2, -0.15) is 0 Å². The maximum absolute atomic E-state index is 12.8. The number of hydrogen-bond acceptors (Lipinski definition) is 2. The second kappa shape index (κ2) is 12.5. The number of carbonyl (C=O) groups is 1. The molecule has 0 aromatic heterocycles. The average Bonchev–Trinajstić information content (AvgIpc) is 2.76. The molecule has 3 fully saturated rings. The van der Waals surface area contributed by atoms with Crippen molar-refractivity contribution in [1.29, 1.82) is 0 Å². The zero-order valence-electron chi connectivity index (χ0n) is 20.4. The molecule has 2 heteroatoms. The van der Waals surface area contributed by atoms with Crippen molar-refractivity contribution in [3.8, 4) is 0 Å². The third kappa shape index (κ3) is 6.99. The van der Waals surface area contributed by atoms with E-state index in [1.54, 1.807) is 0 Å². The van der Waals surface area contributed by atoms with Crippen LogP contribution < -0.4 is 0 Å². The van der Waals surface area contributed by atoms with Crippen LogP contribution in [0.2, 0.25) is 0 Å². The first-order chi connectivity index (χ1) is 14.6. The van der Waals surface area contributed by atoms with Crippen molar-refractivity contribution in [3.05, 3.63) is 0 Å². The molecular formula is C28H50O2. The predicted molar refractivity (Wildman–Crippen MR) is 126 cm³/mol. The molecule has 0 aromatic rings. The quantitative estimate of drug-likeness (QED) is 0.278. The van der Waals surface area contributed by atoms with Gasteiger partial charge in [-0.3, -0.25) is 4.79 Å². The van der Waals surface area contributed by atoms with E-state index in [1.807, 2.05) is 0 Å². The summed E-state index contributed by atoms with van der Waals surface area (Å²) < 4.78 is 5.98. The first kappa shape index (κ1) is 24.1. The minimum Gasteiger partial charge on any atom is -0.462 e. The van der Waals surface area contributed by atoms with Gasteiger partial charge in [0.1, 0.15) is 6.10 Å². The fourth-order valence-corrected chi connectivity index (χ4v) is 7.17. The number of ether oxygens (including phenoxy) is 1. The van der Waals surface area contributed by atoms with Gasteiger partial charge in [0.25, 0.3) is 0 Å². The molecule has 3 rings (SSSR count). The minimum absolute atomic E-state index is 0.139. The molecule has 3 saturated carbocycles. The normalized spacial score (nSPS) is 37.6. The van der Waals surface area contributed by atoms with Gasteiger partial charge in [0.2, 0.25) is 0 Å². The summed E-state index contributed by atoms with van der Waals surface area (Å²) in [5.74, 6) is 4.86. The molecule has 30 heavy (non-hydrogen) atoms. The minimum atomic E-state index is 0.139. The number of carbonyl (C=O) groups excluding carboxylic acids is 1. The highest BCUT2D eigenvalue weighted by atomic mass is 16.5. The van der Waals surface area contributed by atoms with Gasteiger partial charge in [0.05, 0.1) is 5.92 Å². The lowest BCUT2D eigenvalue weighted by atomic mass is 9.64. The Morgan fingerprint density at radius 2 is 1.47 bits per heavy atom. The number of hydrogen-bond donors (Lipinski definition) is 0. The van der Waals surface area contributed by atoms with E-state index in [2.05, 4.69) is 20.8 Å². The molecule has 0 aliphatic heterocycles. The van der Waals surface area contributed by atoms with Crippen molar-refractivity contribution < 1.29 is 9.53 Å². The van der Waals surface area contributed by atoms with Crippen molar-refractivity contribution in [1.82, 2.24) is 0 Å². The van der Waals surface area contributed by atoms with E-state index in [1.165, 1.54) is 83.5 Å². The number of rotatable bonds is 9. The lowest BCUT2D eigenvalue weighted by Crippen LogP contribution is -2.34. The van der Waals surface area contributed by atoms with Gasteiger partial charge in [-0.15, -0.1) is 0 Å². The third-order valence-corrected chi connectivity index (χ3v) is 9.04. The van der Waals surface area contributed by atoms with Crippen LogP contribution in [0.5, 0.6) is 0 Å². The molecule has 0 bridgehead atoms.